The number of carbonyl (C=O) groups excluding carboxylic acids is 3. The molecule has 0 spiro atoms. The van der Waals surface area contributed by atoms with Gasteiger partial charge in [-0.3, -0.25) is 10.2 Å². The summed E-state index contributed by atoms with van der Waals surface area (Å²) in [4.78, 5) is 34.6. The Balaban J connectivity index is 0.000000516. The SMILES string of the molecule is CCOC(=O)C1CCN(C(=O)NN)CC1.O=C(OC(Cl)(Cl)Cl)OC(Cl)(Cl)Cl. The van der Waals surface area contributed by atoms with Crippen molar-refractivity contribution in [3.63, 3.8) is 0 Å². The van der Waals surface area contributed by atoms with E-state index in [-0.39, 0.29) is 17.9 Å². The predicted octanol–water partition coefficient (Wildman–Crippen LogP) is 3.64. The number of nitrogens with two attached hydrogens (primary N) is 1. The van der Waals surface area contributed by atoms with Crippen LogP contribution >= 0.6 is 69.6 Å². The van der Waals surface area contributed by atoms with Gasteiger partial charge in [-0.1, -0.05) is 0 Å². The number of alkyl halides is 6. The second-order valence-electron chi connectivity index (χ2n) is 4.81. The first-order chi connectivity index (χ1) is 12.3. The van der Waals surface area contributed by atoms with Crippen molar-refractivity contribution < 1.29 is 28.6 Å². The zero-order valence-corrected chi connectivity index (χ0v) is 18.4. The molecule has 27 heavy (non-hydrogen) atoms. The monoisotopic (exact) mass is 509 g/mol. The minimum Gasteiger partial charge on any atom is -0.466 e. The molecule has 0 radical (unpaired) electrons. The van der Waals surface area contributed by atoms with Gasteiger partial charge in [0.1, 0.15) is 0 Å². The van der Waals surface area contributed by atoms with E-state index in [1.54, 1.807) is 11.8 Å². The molecule has 3 N–H and O–H groups in total. The van der Waals surface area contributed by atoms with Gasteiger partial charge in [0.2, 0.25) is 0 Å². The van der Waals surface area contributed by atoms with Gasteiger partial charge in [-0.05, 0) is 89.4 Å². The number of esters is 1. The summed E-state index contributed by atoms with van der Waals surface area (Å²) >= 11 is 30.2. The van der Waals surface area contributed by atoms with E-state index < -0.39 is 14.1 Å². The predicted molar refractivity (Wildman–Crippen MR) is 102 cm³/mol. The largest absolute Gasteiger partial charge is 0.515 e. The zero-order valence-electron chi connectivity index (χ0n) is 13.9. The summed E-state index contributed by atoms with van der Waals surface area (Å²) in [6, 6.07) is -0.294. The highest BCUT2D eigenvalue weighted by atomic mass is 35.6. The number of rotatable bonds is 2. The Morgan fingerprint density at radius 3 is 1.81 bits per heavy atom. The number of hydrogen-bond acceptors (Lipinski definition) is 7. The highest BCUT2D eigenvalue weighted by Gasteiger charge is 2.32. The van der Waals surface area contributed by atoms with Gasteiger partial charge in [0.05, 0.1) is 12.5 Å². The normalized spacial score (nSPS) is 15.2. The average Bonchev–Trinajstić information content (AvgIpc) is 2.51. The van der Waals surface area contributed by atoms with Crippen LogP contribution in [0.3, 0.4) is 0 Å². The smallest absolute Gasteiger partial charge is 0.466 e. The molecule has 1 rings (SSSR count). The number of piperidine rings is 1. The number of halogens is 6. The molecule has 0 bridgehead atoms. The molecule has 15 heteroatoms. The van der Waals surface area contributed by atoms with E-state index in [9.17, 15) is 14.4 Å². The number of amides is 2. The minimum atomic E-state index is -2.24. The molecule has 0 aromatic rings. The molecule has 9 nitrogen and oxygen atoms in total. The van der Waals surface area contributed by atoms with E-state index >= 15 is 0 Å². The highest BCUT2D eigenvalue weighted by molar-refractivity contribution is 6.67. The molecule has 0 unspecified atom stereocenters. The van der Waals surface area contributed by atoms with E-state index in [0.717, 1.165) is 0 Å². The third-order valence-corrected chi connectivity index (χ3v) is 3.39. The standard InChI is InChI=1S/C9H17N3O3.C3Cl6O3/c1-2-15-8(13)7-3-5-12(6-4-7)9(14)11-10;4-2(5,6)11-1(10)12-3(7,8)9/h7H,2-6,10H2,1H3,(H,11,14);. The van der Waals surface area contributed by atoms with Gasteiger partial charge in [-0.25, -0.2) is 15.4 Å². The molecule has 158 valence electrons. The van der Waals surface area contributed by atoms with Gasteiger partial charge >= 0.3 is 26.1 Å². The number of nitrogens with zero attached hydrogens (tertiary/aromatic N) is 1. The number of hydrazine groups is 1. The number of nitrogens with one attached hydrogen (secondary N) is 1. The summed E-state index contributed by atoms with van der Waals surface area (Å²) in [5, 5.41) is 0. The third kappa shape index (κ3) is 13.5. The van der Waals surface area contributed by atoms with Gasteiger partial charge in [-0.15, -0.1) is 0 Å². The maximum Gasteiger partial charge on any atom is 0.515 e. The van der Waals surface area contributed by atoms with Gasteiger partial charge in [0.15, 0.2) is 0 Å². The lowest BCUT2D eigenvalue weighted by Gasteiger charge is -2.30. The Labute approximate surface area is 185 Å². The average molecular weight is 512 g/mol. The van der Waals surface area contributed by atoms with Crippen molar-refractivity contribution in [2.24, 2.45) is 11.8 Å². The van der Waals surface area contributed by atoms with Crippen molar-refractivity contribution in [2.45, 2.75) is 27.7 Å². The fourth-order valence-corrected chi connectivity index (χ4v) is 2.26. The molecular weight excluding hydrogens is 495 g/mol. The molecule has 1 saturated heterocycles. The fraction of sp³-hybridized carbons (Fsp3) is 0.750. The highest BCUT2D eigenvalue weighted by Crippen LogP contribution is 2.32. The molecule has 1 heterocycles. The van der Waals surface area contributed by atoms with Crippen molar-refractivity contribution in [2.75, 3.05) is 19.7 Å². The lowest BCUT2D eigenvalue weighted by Crippen LogP contribution is -2.47. The Bertz CT molecular complexity index is 487. The third-order valence-electron chi connectivity index (χ3n) is 2.92. The van der Waals surface area contributed by atoms with Crippen LogP contribution in [-0.4, -0.2) is 50.7 Å². The van der Waals surface area contributed by atoms with Crippen LogP contribution in [0.15, 0.2) is 0 Å². The summed E-state index contributed by atoms with van der Waals surface area (Å²) in [5.41, 5.74) is 2.07. The van der Waals surface area contributed by atoms with Crippen molar-refractivity contribution in [1.29, 1.82) is 0 Å². The molecule has 1 fully saturated rings. The first-order valence-electron chi connectivity index (χ1n) is 7.26. The van der Waals surface area contributed by atoms with Crippen molar-refractivity contribution in [3.05, 3.63) is 0 Å². The second kappa shape index (κ2) is 12.3. The molecule has 1 aliphatic rings. The van der Waals surface area contributed by atoms with Crippen molar-refractivity contribution in [1.82, 2.24) is 10.3 Å². The van der Waals surface area contributed by atoms with E-state index in [1.165, 1.54) is 0 Å². The van der Waals surface area contributed by atoms with Gasteiger partial charge in [0.25, 0.3) is 0 Å². The molecule has 0 aliphatic carbocycles. The quantitative estimate of drug-likeness (QED) is 0.191. The number of carbonyl (C=O) groups is 3. The topological polar surface area (TPSA) is 120 Å². The Kier molecular flexibility index (Phi) is 12.2. The molecule has 2 amide bonds. The lowest BCUT2D eigenvalue weighted by molar-refractivity contribution is -0.149. The van der Waals surface area contributed by atoms with Gasteiger partial charge in [-0.2, -0.15) is 0 Å². The fourth-order valence-electron chi connectivity index (χ4n) is 1.88. The van der Waals surface area contributed by atoms with E-state index in [4.69, 9.17) is 80.2 Å². The molecule has 1 aliphatic heterocycles. The second-order valence-corrected chi connectivity index (χ2v) is 9.16. The number of hydrogen-bond donors (Lipinski definition) is 2. The number of urea groups is 1. The Morgan fingerprint density at radius 2 is 1.48 bits per heavy atom. The summed E-state index contributed by atoms with van der Waals surface area (Å²) in [7, 11) is 0. The first-order valence-corrected chi connectivity index (χ1v) is 9.53. The van der Waals surface area contributed by atoms with Crippen LogP contribution in [0.25, 0.3) is 0 Å². The van der Waals surface area contributed by atoms with Gasteiger partial charge < -0.3 is 19.1 Å². The van der Waals surface area contributed by atoms with Crippen molar-refractivity contribution in [3.8, 4) is 0 Å². The maximum absolute atomic E-state index is 11.4. The zero-order chi connectivity index (χ0) is 21.3. The summed E-state index contributed by atoms with van der Waals surface area (Å²) in [5.74, 6) is 4.77. The van der Waals surface area contributed by atoms with Crippen LogP contribution < -0.4 is 11.3 Å². The van der Waals surface area contributed by atoms with Crippen LogP contribution in [0, 0.1) is 5.92 Å². The number of ether oxygens (including phenoxy) is 3. The van der Waals surface area contributed by atoms with Crippen molar-refractivity contribution >= 4 is 87.8 Å². The molecule has 0 aromatic heterocycles. The molecular formula is C12H17Cl6N3O6. The molecule has 0 saturated carbocycles. The minimum absolute atomic E-state index is 0.0771. The molecule has 0 aromatic carbocycles. The Morgan fingerprint density at radius 1 is 1.04 bits per heavy atom. The van der Waals surface area contributed by atoms with Crippen LogP contribution in [0.5, 0.6) is 0 Å². The van der Waals surface area contributed by atoms with E-state index in [2.05, 4.69) is 14.9 Å². The van der Waals surface area contributed by atoms with Crippen LogP contribution in [0.1, 0.15) is 19.8 Å². The lowest BCUT2D eigenvalue weighted by atomic mass is 9.97. The molecule has 0 atom stereocenters. The van der Waals surface area contributed by atoms with Gasteiger partial charge in [0, 0.05) is 13.1 Å². The maximum atomic E-state index is 11.4. The summed E-state index contributed by atoms with van der Waals surface area (Å²) in [6.07, 6.45) is -0.117. The van der Waals surface area contributed by atoms with Crippen LogP contribution in [0.4, 0.5) is 9.59 Å². The first kappa shape index (κ1) is 26.7. The number of likely N-dealkylation sites (tertiary alicyclic amines) is 1. The summed E-state index contributed by atoms with van der Waals surface area (Å²) < 4.78 is 8.43. The summed E-state index contributed by atoms with van der Waals surface area (Å²) in [6.45, 7) is 3.29. The van der Waals surface area contributed by atoms with Crippen LogP contribution in [-0.2, 0) is 19.0 Å². The van der Waals surface area contributed by atoms with Crippen LogP contribution in [0.2, 0.25) is 0 Å². The Hall–Kier alpha value is -0.290. The van der Waals surface area contributed by atoms with E-state index in [1.807, 2.05) is 0 Å². The van der Waals surface area contributed by atoms with E-state index in [0.29, 0.717) is 32.5 Å².